The van der Waals surface area contributed by atoms with Gasteiger partial charge in [-0.3, -0.25) is 0 Å². The molecule has 4 aromatic carbocycles. The van der Waals surface area contributed by atoms with Gasteiger partial charge < -0.3 is 18.9 Å². The number of ether oxygens (including phenoxy) is 4. The van der Waals surface area contributed by atoms with Crippen molar-refractivity contribution in [3.63, 3.8) is 0 Å². The highest BCUT2D eigenvalue weighted by Crippen LogP contribution is 2.30. The first-order chi connectivity index (χ1) is 32.4. The van der Waals surface area contributed by atoms with Crippen molar-refractivity contribution in [1.82, 2.24) is 0 Å². The molecule has 8 nitrogen and oxygen atoms in total. The summed E-state index contributed by atoms with van der Waals surface area (Å²) in [7, 11) is 0. The average molecular weight is 879 g/mol. The van der Waals surface area contributed by atoms with Crippen molar-refractivity contribution in [2.45, 2.75) is 130 Å². The Morgan fingerprint density at radius 1 is 0.318 bits per heavy atom. The molecule has 0 atom stereocenters. The summed E-state index contributed by atoms with van der Waals surface area (Å²) in [6.07, 6.45) is 16.8. The van der Waals surface area contributed by atoms with E-state index in [2.05, 4.69) is 87.5 Å². The van der Waals surface area contributed by atoms with Crippen LogP contribution in [0.15, 0.2) is 60.7 Å². The van der Waals surface area contributed by atoms with Crippen LogP contribution in [0.5, 0.6) is 23.0 Å². The van der Waals surface area contributed by atoms with Crippen LogP contribution in [-0.4, -0.2) is 26.4 Å². The van der Waals surface area contributed by atoms with Crippen LogP contribution in [-0.2, 0) is 0 Å². The van der Waals surface area contributed by atoms with Gasteiger partial charge in [-0.15, -0.1) is 0 Å². The van der Waals surface area contributed by atoms with Crippen molar-refractivity contribution in [3.8, 4) is 82.8 Å². The van der Waals surface area contributed by atoms with Crippen LogP contribution in [0.2, 0.25) is 0 Å². The largest absolute Gasteiger partial charge is 0.494 e. The minimum atomic E-state index is 0.271. The van der Waals surface area contributed by atoms with Gasteiger partial charge in [-0.2, -0.15) is 21.0 Å². The fourth-order valence-corrected chi connectivity index (χ4v) is 6.88. The van der Waals surface area contributed by atoms with E-state index in [1.165, 1.54) is 6.42 Å². The molecular formula is C58H62N4O4. The molecule has 4 rings (SSSR count). The summed E-state index contributed by atoms with van der Waals surface area (Å²) in [6.45, 7) is 10.8. The van der Waals surface area contributed by atoms with Gasteiger partial charge in [0.05, 0.1) is 71.4 Å². The first-order valence-corrected chi connectivity index (χ1v) is 23.7. The maximum Gasteiger partial charge on any atom is 0.136 e. The van der Waals surface area contributed by atoms with E-state index in [9.17, 15) is 21.0 Å². The highest BCUT2D eigenvalue weighted by molar-refractivity contribution is 5.65. The molecule has 0 saturated heterocycles. The van der Waals surface area contributed by atoms with Crippen molar-refractivity contribution >= 4 is 0 Å². The summed E-state index contributed by atoms with van der Waals surface area (Å²) in [4.78, 5) is 0. The topological polar surface area (TPSA) is 132 Å². The molecule has 338 valence electrons. The van der Waals surface area contributed by atoms with Gasteiger partial charge >= 0.3 is 0 Å². The lowest BCUT2D eigenvalue weighted by Crippen LogP contribution is -2.03. The molecule has 0 bridgehead atoms. The van der Waals surface area contributed by atoms with Crippen molar-refractivity contribution in [3.05, 3.63) is 116 Å². The minimum absolute atomic E-state index is 0.271. The standard InChI is InChI=1S/C58H62N4O4/c1-5-9-13-17-31-63-55-29-30-56(64-32-18-14-10-6-2)49(38-55)26-24-47-36-54(44-62)48(37-53(47)43-61)25-28-51-40-57(65-33-19-15-11-7-3)50(39-58(51)66-34-20-16-12-8-4)27-23-46-35-45(41-59)21-22-52(46)42-60/h21-22,29-30,35-40H,5-20,31-34H2,1-4H3. The van der Waals surface area contributed by atoms with E-state index < -0.39 is 0 Å². The maximum atomic E-state index is 10.4. The highest BCUT2D eigenvalue weighted by Gasteiger charge is 2.14. The van der Waals surface area contributed by atoms with Crippen LogP contribution in [0.1, 0.15) is 186 Å². The first-order valence-electron chi connectivity index (χ1n) is 23.7. The molecule has 0 unspecified atom stereocenters. The molecule has 0 aliphatic rings. The second-order valence-corrected chi connectivity index (χ2v) is 16.0. The zero-order chi connectivity index (χ0) is 47.2. The molecule has 4 aromatic rings. The molecule has 0 aromatic heterocycles. The Kier molecular flexibility index (Phi) is 23.3. The zero-order valence-corrected chi connectivity index (χ0v) is 39.3. The number of unbranched alkanes of at least 4 members (excludes halogenated alkanes) is 12. The molecular weight excluding hydrogens is 817 g/mol. The van der Waals surface area contributed by atoms with E-state index >= 15 is 0 Å². The van der Waals surface area contributed by atoms with Crippen LogP contribution in [0.25, 0.3) is 0 Å². The van der Waals surface area contributed by atoms with E-state index in [0.29, 0.717) is 93.9 Å². The average Bonchev–Trinajstić information content (AvgIpc) is 3.34. The van der Waals surface area contributed by atoms with Crippen molar-refractivity contribution < 1.29 is 18.9 Å². The van der Waals surface area contributed by atoms with Gasteiger partial charge in [0, 0.05) is 28.8 Å². The Morgan fingerprint density at radius 3 is 1.14 bits per heavy atom. The Morgan fingerprint density at radius 2 is 0.712 bits per heavy atom. The quantitative estimate of drug-likeness (QED) is 0.0502. The van der Waals surface area contributed by atoms with Crippen molar-refractivity contribution in [1.29, 1.82) is 21.0 Å². The Bertz CT molecular complexity index is 2580. The molecule has 66 heavy (non-hydrogen) atoms. The summed E-state index contributed by atoms with van der Waals surface area (Å²) in [6, 6.07) is 26.1. The van der Waals surface area contributed by atoms with Gasteiger partial charge in [-0.05, 0) is 74.2 Å². The third-order valence-corrected chi connectivity index (χ3v) is 10.7. The van der Waals surface area contributed by atoms with Crippen LogP contribution in [0.4, 0.5) is 0 Å². The van der Waals surface area contributed by atoms with Gasteiger partial charge in [-0.25, -0.2) is 0 Å². The summed E-state index contributed by atoms with van der Waals surface area (Å²) in [5, 5.41) is 40.0. The Hall–Kier alpha value is -7.28. The third-order valence-electron chi connectivity index (χ3n) is 10.7. The van der Waals surface area contributed by atoms with Crippen LogP contribution in [0.3, 0.4) is 0 Å². The number of rotatable bonds is 24. The predicted octanol–water partition coefficient (Wildman–Crippen LogP) is 13.2. The molecule has 0 fully saturated rings. The summed E-state index contributed by atoms with van der Waals surface area (Å²) in [5.74, 6) is 21.4. The van der Waals surface area contributed by atoms with E-state index in [-0.39, 0.29) is 11.1 Å². The van der Waals surface area contributed by atoms with Crippen LogP contribution in [0, 0.1) is 80.8 Å². The predicted molar refractivity (Wildman–Crippen MR) is 261 cm³/mol. The lowest BCUT2D eigenvalue weighted by Gasteiger charge is -2.14. The van der Waals surface area contributed by atoms with E-state index in [4.69, 9.17) is 18.9 Å². The molecule has 0 saturated carbocycles. The lowest BCUT2D eigenvalue weighted by molar-refractivity contribution is 0.295. The summed E-state index contributed by atoms with van der Waals surface area (Å²) < 4.78 is 25.0. The molecule has 0 N–H and O–H groups in total. The van der Waals surface area contributed by atoms with E-state index in [1.807, 2.05) is 18.2 Å². The second kappa shape index (κ2) is 30.0. The normalized spacial score (nSPS) is 10.0. The summed E-state index contributed by atoms with van der Waals surface area (Å²) in [5.41, 5.74) is 4.24. The van der Waals surface area contributed by atoms with Crippen molar-refractivity contribution in [2.75, 3.05) is 26.4 Å². The summed E-state index contributed by atoms with van der Waals surface area (Å²) >= 11 is 0. The number of nitrogens with zero attached hydrogens (tertiary/aromatic N) is 4. The van der Waals surface area contributed by atoms with Crippen LogP contribution < -0.4 is 18.9 Å². The fraction of sp³-hybridized carbons (Fsp3) is 0.414. The lowest BCUT2D eigenvalue weighted by atomic mass is 9.99. The van der Waals surface area contributed by atoms with Gasteiger partial charge in [0.1, 0.15) is 41.2 Å². The van der Waals surface area contributed by atoms with Gasteiger partial charge in [0.25, 0.3) is 0 Å². The Labute approximate surface area is 394 Å². The second-order valence-electron chi connectivity index (χ2n) is 16.0. The SMILES string of the molecule is CCCCCCOc1ccc(OCCCCCC)c(C#Cc2cc(C#N)c(C#Cc3cc(OCCCCCC)c(C#Cc4cc(C#N)ccc4C#N)cc3OCCCCCC)cc2C#N)c1. The molecule has 0 aliphatic heterocycles. The number of hydrogen-bond acceptors (Lipinski definition) is 8. The monoisotopic (exact) mass is 878 g/mol. The molecule has 0 amide bonds. The van der Waals surface area contributed by atoms with Gasteiger partial charge in [0.15, 0.2) is 0 Å². The van der Waals surface area contributed by atoms with Crippen LogP contribution >= 0.6 is 0 Å². The third kappa shape index (κ3) is 17.0. The Balaban J connectivity index is 1.77. The molecule has 0 heterocycles. The molecule has 0 radical (unpaired) electrons. The fourth-order valence-electron chi connectivity index (χ4n) is 6.88. The van der Waals surface area contributed by atoms with Gasteiger partial charge in [0.2, 0.25) is 0 Å². The number of benzene rings is 4. The first kappa shape index (κ1) is 51.4. The number of nitriles is 4. The molecule has 0 aliphatic carbocycles. The zero-order valence-electron chi connectivity index (χ0n) is 39.3. The van der Waals surface area contributed by atoms with Crippen molar-refractivity contribution in [2.24, 2.45) is 0 Å². The smallest absolute Gasteiger partial charge is 0.136 e. The minimum Gasteiger partial charge on any atom is -0.494 e. The molecule has 8 heteroatoms. The van der Waals surface area contributed by atoms with E-state index in [0.717, 1.165) is 96.3 Å². The number of hydrogen-bond donors (Lipinski definition) is 0. The van der Waals surface area contributed by atoms with E-state index in [1.54, 1.807) is 42.5 Å². The maximum absolute atomic E-state index is 10.4. The highest BCUT2D eigenvalue weighted by atomic mass is 16.5. The van der Waals surface area contributed by atoms with Gasteiger partial charge in [-0.1, -0.05) is 140 Å². The molecule has 0 spiro atoms.